The number of nitrogens with two attached hydrogens (primary N) is 1. The fourth-order valence-electron chi connectivity index (χ4n) is 3.36. The van der Waals surface area contributed by atoms with E-state index in [1.165, 1.54) is 19.9 Å². The quantitative estimate of drug-likeness (QED) is 0.611. The summed E-state index contributed by atoms with van der Waals surface area (Å²) >= 11 is 0.678. The van der Waals surface area contributed by atoms with Crippen LogP contribution < -0.4 is 5.14 Å². The Labute approximate surface area is 191 Å². The Morgan fingerprint density at radius 1 is 1.28 bits per heavy atom. The number of carbonyl (C=O) groups is 1. The molecule has 0 aliphatic heterocycles. The lowest BCUT2D eigenvalue weighted by Gasteiger charge is -2.20. The van der Waals surface area contributed by atoms with Gasteiger partial charge in [0.1, 0.15) is 11.9 Å². The number of rotatable bonds is 6. The number of nitriles is 1. The minimum atomic E-state index is -3.93. The zero-order valence-electron chi connectivity index (χ0n) is 18.8. The normalized spacial score (nSPS) is 13.8. The van der Waals surface area contributed by atoms with Crippen molar-refractivity contribution in [1.29, 1.82) is 5.26 Å². The molecule has 0 bridgehead atoms. The summed E-state index contributed by atoms with van der Waals surface area (Å²) in [5, 5.41) is 25.1. The van der Waals surface area contributed by atoms with Crippen molar-refractivity contribution in [3.63, 3.8) is 0 Å². The second-order valence-electron chi connectivity index (χ2n) is 8.68. The van der Waals surface area contributed by atoms with Crippen LogP contribution in [0.1, 0.15) is 80.5 Å². The molecule has 1 heterocycles. The highest BCUT2D eigenvalue weighted by atomic mass is 32.2. The Hall–Kier alpha value is -2.19. The van der Waals surface area contributed by atoms with Gasteiger partial charge in [0.2, 0.25) is 0 Å². The highest BCUT2D eigenvalue weighted by molar-refractivity contribution is 7.93. The van der Waals surface area contributed by atoms with Gasteiger partial charge in [0.15, 0.2) is 19.9 Å². The zero-order chi connectivity index (χ0) is 24.6. The first kappa shape index (κ1) is 26.1. The van der Waals surface area contributed by atoms with Gasteiger partial charge in [-0.05, 0) is 54.5 Å². The number of hydrogen-bond acceptors (Lipinski definition) is 5. The monoisotopic (exact) mass is 483 g/mol. The average Bonchev–Trinajstić information content (AvgIpc) is 3.04. The van der Waals surface area contributed by atoms with E-state index in [1.54, 1.807) is 13.8 Å². The van der Waals surface area contributed by atoms with Gasteiger partial charge < -0.3 is 5.11 Å². The lowest BCUT2D eigenvalue weighted by Crippen LogP contribution is -2.17. The molecule has 32 heavy (non-hydrogen) atoms. The third-order valence-corrected chi connectivity index (χ3v) is 8.24. The molecule has 10 heteroatoms. The Balaban J connectivity index is 2.59. The first-order valence-corrected chi connectivity index (χ1v) is 12.3. The number of hydrogen-bond donors (Lipinski definition) is 2. The fraction of sp³-hybridized carbons (Fsp3) is 0.455. The minimum Gasteiger partial charge on any atom is -0.385 e. The first-order chi connectivity index (χ1) is 14.6. The van der Waals surface area contributed by atoms with Crippen molar-refractivity contribution in [2.45, 2.75) is 69.6 Å². The Bertz CT molecular complexity index is 1210. The molecule has 0 saturated heterocycles. The zero-order valence-corrected chi connectivity index (χ0v) is 20.5. The highest BCUT2D eigenvalue weighted by Gasteiger charge is 2.27. The number of amides is 1. The van der Waals surface area contributed by atoms with E-state index in [1.807, 2.05) is 19.9 Å². The molecule has 0 saturated carbocycles. The maximum Gasteiger partial charge on any atom is 0.259 e. The fourth-order valence-corrected chi connectivity index (χ4v) is 5.78. The maximum atomic E-state index is 14.9. The Kier molecular flexibility index (Phi) is 7.62. The van der Waals surface area contributed by atoms with E-state index < -0.39 is 43.7 Å². The molecule has 3 N–H and O–H groups in total. The van der Waals surface area contributed by atoms with Crippen LogP contribution in [0.25, 0.3) is 0 Å². The van der Waals surface area contributed by atoms with E-state index in [2.05, 4.69) is 4.36 Å². The van der Waals surface area contributed by atoms with Gasteiger partial charge in [-0.25, -0.2) is 18.1 Å². The van der Waals surface area contributed by atoms with Gasteiger partial charge in [-0.15, -0.1) is 15.7 Å². The summed E-state index contributed by atoms with van der Waals surface area (Å²) < 4.78 is 45.4. The van der Waals surface area contributed by atoms with Gasteiger partial charge in [-0.1, -0.05) is 27.7 Å². The Morgan fingerprint density at radius 2 is 1.88 bits per heavy atom. The van der Waals surface area contributed by atoms with Crippen molar-refractivity contribution in [2.24, 2.45) is 9.50 Å². The summed E-state index contributed by atoms with van der Waals surface area (Å²) in [6.07, 6.45) is -0.400. The van der Waals surface area contributed by atoms with Gasteiger partial charge in [-0.3, -0.25) is 4.79 Å². The molecule has 0 radical (unpaired) electrons. The van der Waals surface area contributed by atoms with Crippen LogP contribution in [0.15, 0.2) is 20.7 Å². The van der Waals surface area contributed by atoms with E-state index in [0.29, 0.717) is 22.5 Å². The molecule has 0 aliphatic rings. The molecular formula is C22H27F2N3O3S2. The number of aliphatic hydroxyl groups is 1. The SMILES string of the molecule is CC(C)c1cc(C#N)c(F)c(C(C)C)c1CC(=O)N=[S@@](N)(=O)c1sc(C(C)(C)O)cc1F. The average molecular weight is 484 g/mol. The second kappa shape index (κ2) is 9.35. The van der Waals surface area contributed by atoms with Crippen LogP contribution in [0, 0.1) is 23.0 Å². The van der Waals surface area contributed by atoms with Crippen molar-refractivity contribution in [3.8, 4) is 6.07 Å². The summed E-state index contributed by atoms with van der Waals surface area (Å²) in [4.78, 5) is 12.9. The number of thiophene rings is 1. The number of benzene rings is 1. The van der Waals surface area contributed by atoms with Crippen molar-refractivity contribution in [1.82, 2.24) is 0 Å². The molecule has 1 amide bonds. The van der Waals surface area contributed by atoms with Crippen LogP contribution in [-0.2, 0) is 26.7 Å². The van der Waals surface area contributed by atoms with E-state index in [9.17, 15) is 28.2 Å². The van der Waals surface area contributed by atoms with E-state index >= 15 is 0 Å². The molecular weight excluding hydrogens is 456 g/mol. The molecule has 1 atom stereocenters. The van der Waals surface area contributed by atoms with Gasteiger partial charge in [0, 0.05) is 4.88 Å². The molecule has 1 aromatic carbocycles. The van der Waals surface area contributed by atoms with Crippen LogP contribution in [0.2, 0.25) is 0 Å². The van der Waals surface area contributed by atoms with Crippen LogP contribution in [-0.4, -0.2) is 15.2 Å². The molecule has 0 aliphatic carbocycles. The van der Waals surface area contributed by atoms with E-state index in [0.717, 1.165) is 6.07 Å². The largest absolute Gasteiger partial charge is 0.385 e. The summed E-state index contributed by atoms with van der Waals surface area (Å²) in [6, 6.07) is 4.25. The second-order valence-corrected chi connectivity index (χ2v) is 11.7. The lowest BCUT2D eigenvalue weighted by molar-refractivity contribution is -0.117. The third kappa shape index (κ3) is 5.41. The van der Waals surface area contributed by atoms with Gasteiger partial charge >= 0.3 is 0 Å². The molecule has 0 fully saturated rings. The number of carbonyl (C=O) groups excluding carboxylic acids is 1. The summed E-state index contributed by atoms with van der Waals surface area (Å²) in [5.74, 6) is -3.00. The molecule has 174 valence electrons. The minimum absolute atomic E-state index is 0.118. The first-order valence-electron chi connectivity index (χ1n) is 9.95. The Morgan fingerprint density at radius 3 is 2.31 bits per heavy atom. The van der Waals surface area contributed by atoms with Crippen molar-refractivity contribution in [3.05, 3.63) is 50.9 Å². The van der Waals surface area contributed by atoms with E-state index in [4.69, 9.17) is 5.14 Å². The summed E-state index contributed by atoms with van der Waals surface area (Å²) in [7, 11) is -3.93. The predicted octanol–water partition coefficient (Wildman–Crippen LogP) is 4.84. The van der Waals surface area contributed by atoms with Crippen molar-refractivity contribution in [2.75, 3.05) is 0 Å². The van der Waals surface area contributed by atoms with Gasteiger partial charge in [-0.2, -0.15) is 5.26 Å². The molecule has 2 aromatic rings. The molecule has 0 spiro atoms. The summed E-state index contributed by atoms with van der Waals surface area (Å²) in [6.45, 7) is 10.0. The van der Waals surface area contributed by atoms with Crippen molar-refractivity contribution < 1.29 is 22.9 Å². The van der Waals surface area contributed by atoms with Crippen molar-refractivity contribution >= 4 is 27.2 Å². The van der Waals surface area contributed by atoms with Crippen LogP contribution >= 0.6 is 11.3 Å². The summed E-state index contributed by atoms with van der Waals surface area (Å²) in [5.41, 5.74) is -0.328. The highest BCUT2D eigenvalue weighted by Crippen LogP contribution is 2.35. The van der Waals surface area contributed by atoms with Gasteiger partial charge in [0.05, 0.1) is 17.6 Å². The molecule has 1 aromatic heterocycles. The maximum absolute atomic E-state index is 14.9. The van der Waals surface area contributed by atoms with Gasteiger partial charge in [0.25, 0.3) is 5.91 Å². The van der Waals surface area contributed by atoms with E-state index in [-0.39, 0.29) is 27.8 Å². The molecule has 6 nitrogen and oxygen atoms in total. The third-order valence-electron chi connectivity index (χ3n) is 4.86. The van der Waals surface area contributed by atoms with Crippen LogP contribution in [0.4, 0.5) is 8.78 Å². The lowest BCUT2D eigenvalue weighted by atomic mass is 9.85. The standard InChI is InChI=1S/C22H27F2N3O3S2/c1-11(2)14-7-13(10-25)20(24)19(12(3)4)15(14)8-18(28)27-32(26,30)21-16(23)9-17(31-21)22(5,6)29/h7,9,11-12,29H,8H2,1-6H3,(H2,26,27,28,30)/t32-/m1/s1. The molecule has 2 rings (SSSR count). The predicted molar refractivity (Wildman–Crippen MR) is 121 cm³/mol. The smallest absolute Gasteiger partial charge is 0.259 e. The topological polar surface area (TPSA) is 117 Å². The number of halogens is 2. The van der Waals surface area contributed by atoms with Crippen LogP contribution in [0.3, 0.4) is 0 Å². The molecule has 0 unspecified atom stereocenters. The van der Waals surface area contributed by atoms with Crippen LogP contribution in [0.5, 0.6) is 0 Å². The number of nitrogens with zero attached hydrogens (tertiary/aromatic N) is 2.